The maximum absolute atomic E-state index is 5.82. The quantitative estimate of drug-likeness (QED) is 0.734. The molecule has 0 amide bonds. The Morgan fingerprint density at radius 1 is 1.46 bits per heavy atom. The summed E-state index contributed by atoms with van der Waals surface area (Å²) in [5.74, 6) is 0. The van der Waals surface area contributed by atoms with E-state index >= 15 is 0 Å². The fourth-order valence-electron chi connectivity index (χ4n) is 1.37. The van der Waals surface area contributed by atoms with E-state index in [1.807, 2.05) is 0 Å². The Morgan fingerprint density at radius 3 is 2.85 bits per heavy atom. The monoisotopic (exact) mass is 392 g/mol. The van der Waals surface area contributed by atoms with Crippen molar-refractivity contribution in [1.29, 1.82) is 0 Å². The van der Waals surface area contributed by atoms with Gasteiger partial charge in [0.2, 0.25) is 0 Å². The minimum Gasteiger partial charge on any atom is -0.327 e. The Morgan fingerprint density at radius 2 is 2.15 bits per heavy atom. The number of nitrogens with zero attached hydrogens (tertiary/aromatic N) is 1. The molecule has 0 saturated carbocycles. The molecule has 76 valence electrons. The van der Waals surface area contributed by atoms with Crippen molar-refractivity contribution in [3.8, 4) is 0 Å². The molecule has 1 heterocycles. The molecular weight excluding hydrogens is 384 g/mol. The zero-order chi connectivity index (χ0) is 7.84. The number of aryl methyl sites for hydroxylation is 1. The average molecular weight is 395 g/mol. The van der Waals surface area contributed by atoms with Gasteiger partial charge >= 0.3 is 0 Å². The molecule has 1 aromatic heterocycles. The second-order valence-electron chi connectivity index (χ2n) is 2.84. The second-order valence-corrected chi connectivity index (χ2v) is 5.20. The van der Waals surface area contributed by atoms with Gasteiger partial charge in [0.05, 0.1) is 5.69 Å². The topological polar surface area (TPSA) is 38.9 Å². The predicted molar refractivity (Wildman–Crippen MR) is 70.5 cm³/mol. The first-order chi connectivity index (χ1) is 5.25. The highest BCUT2D eigenvalue weighted by Crippen LogP contribution is 2.28. The van der Waals surface area contributed by atoms with E-state index in [-0.39, 0.29) is 34.0 Å². The lowest BCUT2D eigenvalue weighted by atomic mass is 9.99. The maximum atomic E-state index is 5.82. The number of thiazole rings is 1. The standard InChI is InChI=1S/C7H9BrN2S.2BrH/c8-7-10-5-2-1-4(9)3-6(5)11-7;;/h4H,1-3,9H2;2*1H/t4-;;/m0../s1. The molecule has 0 radical (unpaired) electrons. The lowest BCUT2D eigenvalue weighted by Crippen LogP contribution is -2.26. The van der Waals surface area contributed by atoms with Gasteiger partial charge in [-0.3, -0.25) is 0 Å². The van der Waals surface area contributed by atoms with Gasteiger partial charge < -0.3 is 5.73 Å². The number of halogens is 3. The zero-order valence-electron chi connectivity index (χ0n) is 6.83. The molecule has 0 aromatic carbocycles. The molecule has 1 aliphatic rings. The summed E-state index contributed by atoms with van der Waals surface area (Å²) in [7, 11) is 0. The summed E-state index contributed by atoms with van der Waals surface area (Å²) in [4.78, 5) is 5.74. The molecule has 2 rings (SSSR count). The number of hydrogen-bond acceptors (Lipinski definition) is 3. The van der Waals surface area contributed by atoms with E-state index in [0.717, 1.165) is 23.2 Å². The van der Waals surface area contributed by atoms with Crippen molar-refractivity contribution in [2.75, 3.05) is 0 Å². The Bertz CT molecular complexity index is 277. The van der Waals surface area contributed by atoms with Gasteiger partial charge in [0.1, 0.15) is 0 Å². The van der Waals surface area contributed by atoms with Gasteiger partial charge in [0, 0.05) is 10.9 Å². The van der Waals surface area contributed by atoms with Gasteiger partial charge in [-0.1, -0.05) is 0 Å². The summed E-state index contributed by atoms with van der Waals surface area (Å²) in [5.41, 5.74) is 7.08. The molecule has 0 aliphatic heterocycles. The van der Waals surface area contributed by atoms with Crippen LogP contribution in [0.1, 0.15) is 17.0 Å². The molecule has 0 spiro atoms. The highest BCUT2D eigenvalue weighted by molar-refractivity contribution is 9.11. The van der Waals surface area contributed by atoms with Gasteiger partial charge in [-0.2, -0.15) is 0 Å². The van der Waals surface area contributed by atoms with Crippen LogP contribution in [0.5, 0.6) is 0 Å². The summed E-state index contributed by atoms with van der Waals surface area (Å²) in [6.07, 6.45) is 3.15. The van der Waals surface area contributed by atoms with Crippen LogP contribution in [0.4, 0.5) is 0 Å². The highest BCUT2D eigenvalue weighted by atomic mass is 79.9. The third-order valence-electron chi connectivity index (χ3n) is 1.95. The van der Waals surface area contributed by atoms with Crippen molar-refractivity contribution < 1.29 is 0 Å². The Kier molecular flexibility index (Phi) is 6.26. The summed E-state index contributed by atoms with van der Waals surface area (Å²) in [6, 6.07) is 0.356. The zero-order valence-corrected chi connectivity index (χ0v) is 12.7. The molecule has 0 unspecified atom stereocenters. The summed E-state index contributed by atoms with van der Waals surface area (Å²) in [5, 5.41) is 0. The van der Waals surface area contributed by atoms with Crippen molar-refractivity contribution in [3.05, 3.63) is 14.5 Å². The third-order valence-corrected chi connectivity index (χ3v) is 3.52. The molecule has 2 nitrogen and oxygen atoms in total. The van der Waals surface area contributed by atoms with Gasteiger partial charge in [-0.25, -0.2) is 4.98 Å². The van der Waals surface area contributed by atoms with Crippen LogP contribution in [0.15, 0.2) is 3.92 Å². The van der Waals surface area contributed by atoms with Crippen molar-refractivity contribution in [2.45, 2.75) is 25.3 Å². The fraction of sp³-hybridized carbons (Fsp3) is 0.571. The van der Waals surface area contributed by atoms with Crippen molar-refractivity contribution in [2.24, 2.45) is 5.73 Å². The van der Waals surface area contributed by atoms with E-state index in [0.29, 0.717) is 6.04 Å². The van der Waals surface area contributed by atoms with E-state index in [9.17, 15) is 0 Å². The molecular formula is C7H11Br3N2S. The van der Waals surface area contributed by atoms with Crippen molar-refractivity contribution in [1.82, 2.24) is 4.98 Å². The maximum Gasteiger partial charge on any atom is 0.159 e. The minimum absolute atomic E-state index is 0. The first kappa shape index (κ1) is 14.0. The first-order valence-corrected chi connectivity index (χ1v) is 5.26. The van der Waals surface area contributed by atoms with Gasteiger partial charge in [-0.15, -0.1) is 45.3 Å². The summed E-state index contributed by atoms with van der Waals surface area (Å²) >= 11 is 5.10. The number of nitrogens with two attached hydrogens (primary N) is 1. The van der Waals surface area contributed by atoms with Crippen LogP contribution >= 0.6 is 61.2 Å². The van der Waals surface area contributed by atoms with Crippen LogP contribution in [0, 0.1) is 0 Å². The number of hydrogen-bond donors (Lipinski definition) is 1. The van der Waals surface area contributed by atoms with Crippen LogP contribution in [0.25, 0.3) is 0 Å². The van der Waals surface area contributed by atoms with E-state index in [2.05, 4.69) is 20.9 Å². The molecule has 6 heteroatoms. The largest absolute Gasteiger partial charge is 0.327 e. The second kappa shape index (κ2) is 5.80. The molecule has 13 heavy (non-hydrogen) atoms. The third kappa shape index (κ3) is 3.27. The first-order valence-electron chi connectivity index (χ1n) is 3.65. The molecule has 0 bridgehead atoms. The molecule has 1 atom stereocenters. The number of rotatable bonds is 0. The number of aromatic nitrogens is 1. The molecule has 1 aromatic rings. The molecule has 0 fully saturated rings. The Balaban J connectivity index is 0.000000720. The van der Waals surface area contributed by atoms with Crippen LogP contribution in [0.2, 0.25) is 0 Å². The lowest BCUT2D eigenvalue weighted by molar-refractivity contribution is 0.576. The summed E-state index contributed by atoms with van der Waals surface area (Å²) in [6.45, 7) is 0. The number of fused-ring (bicyclic) bond motifs is 1. The molecule has 1 aliphatic carbocycles. The SMILES string of the molecule is Br.Br.N[C@H]1CCc2nc(Br)sc2C1. The lowest BCUT2D eigenvalue weighted by Gasteiger charge is -2.15. The summed E-state index contributed by atoms with van der Waals surface area (Å²) < 4.78 is 0.997. The van der Waals surface area contributed by atoms with Crippen LogP contribution in [-0.2, 0) is 12.8 Å². The van der Waals surface area contributed by atoms with Crippen molar-refractivity contribution in [3.63, 3.8) is 0 Å². The van der Waals surface area contributed by atoms with E-state index in [4.69, 9.17) is 5.73 Å². The normalized spacial score (nSPS) is 19.7. The average Bonchev–Trinajstić information content (AvgIpc) is 2.27. The van der Waals surface area contributed by atoms with Crippen LogP contribution < -0.4 is 5.73 Å². The molecule has 2 N–H and O–H groups in total. The fourth-order valence-corrected chi connectivity index (χ4v) is 3.09. The van der Waals surface area contributed by atoms with E-state index < -0.39 is 0 Å². The van der Waals surface area contributed by atoms with Crippen LogP contribution in [-0.4, -0.2) is 11.0 Å². The van der Waals surface area contributed by atoms with Gasteiger partial charge in [0.15, 0.2) is 3.92 Å². The van der Waals surface area contributed by atoms with E-state index in [1.54, 1.807) is 11.3 Å². The predicted octanol–water partition coefficient (Wildman–Crippen LogP) is 2.88. The minimum atomic E-state index is 0. The molecule has 0 saturated heterocycles. The smallest absolute Gasteiger partial charge is 0.159 e. The van der Waals surface area contributed by atoms with Crippen LogP contribution in [0.3, 0.4) is 0 Å². The Hall–Kier alpha value is 1.03. The highest BCUT2D eigenvalue weighted by Gasteiger charge is 2.18. The van der Waals surface area contributed by atoms with E-state index in [1.165, 1.54) is 10.6 Å². The van der Waals surface area contributed by atoms with Gasteiger partial charge in [-0.05, 0) is 35.2 Å². The van der Waals surface area contributed by atoms with Crippen molar-refractivity contribution >= 4 is 61.2 Å². The Labute approximate surface area is 111 Å². The van der Waals surface area contributed by atoms with Gasteiger partial charge in [0.25, 0.3) is 0 Å².